The van der Waals surface area contributed by atoms with Crippen LogP contribution >= 0.6 is 0 Å². The first kappa shape index (κ1) is 36.7. The first-order valence-electron chi connectivity index (χ1n) is 15.6. The van der Waals surface area contributed by atoms with Crippen LogP contribution in [0.15, 0.2) is 24.3 Å². The molecule has 1 heterocycles. The first-order chi connectivity index (χ1) is 19.3. The molecule has 40 heavy (non-hydrogen) atoms. The van der Waals surface area contributed by atoms with Crippen molar-refractivity contribution < 1.29 is 39.8 Å². The van der Waals surface area contributed by atoms with Crippen LogP contribution < -0.4 is 5.32 Å². The Labute approximate surface area is 241 Å². The maximum absolute atomic E-state index is 12.6. The van der Waals surface area contributed by atoms with Crippen LogP contribution in [0.3, 0.4) is 0 Å². The molecule has 0 saturated carbocycles. The molecule has 9 nitrogen and oxygen atoms in total. The van der Waals surface area contributed by atoms with Gasteiger partial charge in [0, 0.05) is 6.42 Å². The lowest BCUT2D eigenvalue weighted by atomic mass is 9.99. The number of rotatable bonds is 23. The summed E-state index contributed by atoms with van der Waals surface area (Å²) in [5, 5.41) is 53.3. The molecule has 1 aliphatic heterocycles. The van der Waals surface area contributed by atoms with E-state index in [2.05, 4.69) is 31.3 Å². The Hall–Kier alpha value is -1.33. The molecule has 1 rings (SSSR count). The number of carbonyl (C=O) groups is 1. The molecule has 0 aliphatic carbocycles. The summed E-state index contributed by atoms with van der Waals surface area (Å²) in [5.41, 5.74) is 0. The van der Waals surface area contributed by atoms with Gasteiger partial charge in [0.15, 0.2) is 6.29 Å². The van der Waals surface area contributed by atoms with E-state index in [9.17, 15) is 30.3 Å². The molecule has 0 aromatic heterocycles. The zero-order valence-electron chi connectivity index (χ0n) is 24.8. The average Bonchev–Trinajstić information content (AvgIpc) is 2.95. The zero-order valence-corrected chi connectivity index (χ0v) is 24.8. The third-order valence-corrected chi connectivity index (χ3v) is 7.28. The summed E-state index contributed by atoms with van der Waals surface area (Å²) in [6.45, 7) is 3.59. The van der Waals surface area contributed by atoms with Gasteiger partial charge in [0.1, 0.15) is 24.4 Å². The summed E-state index contributed by atoms with van der Waals surface area (Å²) in [7, 11) is 0. The number of ether oxygens (including phenoxy) is 2. The van der Waals surface area contributed by atoms with E-state index in [1.165, 1.54) is 38.5 Å². The molecule has 0 bridgehead atoms. The minimum Gasteiger partial charge on any atom is -0.394 e. The Kier molecular flexibility index (Phi) is 21.3. The van der Waals surface area contributed by atoms with Crippen molar-refractivity contribution in [2.24, 2.45) is 0 Å². The van der Waals surface area contributed by atoms with Crippen LogP contribution in [-0.2, 0) is 14.3 Å². The zero-order chi connectivity index (χ0) is 29.6. The fourth-order valence-corrected chi connectivity index (χ4v) is 4.64. The Bertz CT molecular complexity index is 686. The summed E-state index contributed by atoms with van der Waals surface area (Å²) in [5.74, 6) is -0.205. The highest BCUT2D eigenvalue weighted by molar-refractivity contribution is 5.76. The van der Waals surface area contributed by atoms with Crippen molar-refractivity contribution in [3.8, 4) is 0 Å². The number of carbonyl (C=O) groups excluding carboxylic acids is 1. The number of hydrogen-bond acceptors (Lipinski definition) is 8. The van der Waals surface area contributed by atoms with Crippen molar-refractivity contribution in [2.75, 3.05) is 13.2 Å². The Balaban J connectivity index is 2.58. The molecule has 1 fully saturated rings. The molecule has 7 unspecified atom stereocenters. The first-order valence-corrected chi connectivity index (χ1v) is 15.6. The molecule has 1 amide bonds. The van der Waals surface area contributed by atoms with Crippen LogP contribution in [0, 0.1) is 0 Å². The Morgan fingerprint density at radius 3 is 2.10 bits per heavy atom. The van der Waals surface area contributed by atoms with Crippen LogP contribution in [-0.4, -0.2) is 87.5 Å². The van der Waals surface area contributed by atoms with Crippen LogP contribution in [0.4, 0.5) is 0 Å². The highest BCUT2D eigenvalue weighted by Crippen LogP contribution is 2.22. The maximum atomic E-state index is 12.6. The van der Waals surface area contributed by atoms with E-state index in [1.54, 1.807) is 6.08 Å². The fourth-order valence-electron chi connectivity index (χ4n) is 4.64. The van der Waals surface area contributed by atoms with Gasteiger partial charge in [-0.2, -0.15) is 0 Å². The largest absolute Gasteiger partial charge is 0.394 e. The van der Waals surface area contributed by atoms with Gasteiger partial charge in [-0.25, -0.2) is 0 Å². The number of allylic oxidation sites excluding steroid dienone is 3. The molecule has 0 radical (unpaired) electrons. The van der Waals surface area contributed by atoms with Gasteiger partial charge < -0.3 is 40.3 Å². The quantitative estimate of drug-likeness (QED) is 0.0804. The SMILES string of the molecule is CCCCCCCC/C=C/CC/C=C/C(O)C(COC1OC(CO)C(O)C(O)C1O)NC(=O)CCCCCCC. The van der Waals surface area contributed by atoms with Crippen molar-refractivity contribution in [3.63, 3.8) is 0 Å². The van der Waals surface area contributed by atoms with Crippen LogP contribution in [0.1, 0.15) is 110 Å². The predicted molar refractivity (Wildman–Crippen MR) is 157 cm³/mol. The van der Waals surface area contributed by atoms with E-state index in [0.29, 0.717) is 6.42 Å². The highest BCUT2D eigenvalue weighted by atomic mass is 16.7. The van der Waals surface area contributed by atoms with Gasteiger partial charge >= 0.3 is 0 Å². The summed E-state index contributed by atoms with van der Waals surface area (Å²) >= 11 is 0. The Morgan fingerprint density at radius 1 is 0.825 bits per heavy atom. The van der Waals surface area contributed by atoms with Crippen molar-refractivity contribution >= 4 is 5.91 Å². The maximum Gasteiger partial charge on any atom is 0.220 e. The topological polar surface area (TPSA) is 149 Å². The monoisotopic (exact) mass is 571 g/mol. The lowest BCUT2D eigenvalue weighted by molar-refractivity contribution is -0.302. The third kappa shape index (κ3) is 15.6. The van der Waals surface area contributed by atoms with E-state index in [0.717, 1.165) is 51.4 Å². The number of aliphatic hydroxyl groups is 5. The van der Waals surface area contributed by atoms with Gasteiger partial charge in [-0.05, 0) is 32.1 Å². The lowest BCUT2D eigenvalue weighted by Crippen LogP contribution is -2.60. The summed E-state index contributed by atoms with van der Waals surface area (Å²) in [6.07, 6.45) is 15.5. The molecule has 0 spiro atoms. The number of aliphatic hydroxyl groups excluding tert-OH is 5. The summed E-state index contributed by atoms with van der Waals surface area (Å²) in [4.78, 5) is 12.6. The standard InChI is InChI=1S/C31H57NO8/c1-3-5-7-9-10-11-12-13-14-15-17-18-20-25(34)24(32-27(35)21-19-16-8-6-4-2)23-39-31-30(38)29(37)28(36)26(22-33)40-31/h13-14,18,20,24-26,28-31,33-34,36-38H,3-12,15-17,19,21-23H2,1-2H3,(H,32,35)/b14-13+,20-18+. The molecular formula is C31H57NO8. The molecule has 6 N–H and O–H groups in total. The van der Waals surface area contributed by atoms with Crippen molar-refractivity contribution in [3.05, 3.63) is 24.3 Å². The van der Waals surface area contributed by atoms with Crippen molar-refractivity contribution in [1.82, 2.24) is 5.32 Å². The minimum atomic E-state index is -1.56. The fraction of sp³-hybridized carbons (Fsp3) is 0.839. The van der Waals surface area contributed by atoms with Crippen LogP contribution in [0.5, 0.6) is 0 Å². The number of hydrogen-bond donors (Lipinski definition) is 6. The summed E-state index contributed by atoms with van der Waals surface area (Å²) < 4.78 is 11.0. The number of unbranched alkanes of at least 4 members (excludes halogenated alkanes) is 11. The second-order valence-corrected chi connectivity index (χ2v) is 10.9. The van der Waals surface area contributed by atoms with Gasteiger partial charge in [-0.1, -0.05) is 95.9 Å². The van der Waals surface area contributed by atoms with Crippen molar-refractivity contribution in [2.45, 2.75) is 153 Å². The lowest BCUT2D eigenvalue weighted by Gasteiger charge is -2.40. The molecule has 1 aliphatic rings. The third-order valence-electron chi connectivity index (χ3n) is 7.28. The molecule has 0 aromatic carbocycles. The van der Waals surface area contributed by atoms with E-state index in [1.807, 2.05) is 6.08 Å². The van der Waals surface area contributed by atoms with E-state index >= 15 is 0 Å². The van der Waals surface area contributed by atoms with E-state index < -0.39 is 49.5 Å². The molecule has 0 aromatic rings. The average molecular weight is 572 g/mol. The predicted octanol–water partition coefficient (Wildman–Crippen LogP) is 3.65. The van der Waals surface area contributed by atoms with Gasteiger partial charge in [0.25, 0.3) is 0 Å². The van der Waals surface area contributed by atoms with Gasteiger partial charge in [-0.15, -0.1) is 0 Å². The second kappa shape index (κ2) is 23.3. The Morgan fingerprint density at radius 2 is 1.43 bits per heavy atom. The highest BCUT2D eigenvalue weighted by Gasteiger charge is 2.44. The molecule has 234 valence electrons. The molecular weight excluding hydrogens is 514 g/mol. The van der Waals surface area contributed by atoms with Gasteiger partial charge in [-0.3, -0.25) is 4.79 Å². The van der Waals surface area contributed by atoms with Gasteiger partial charge in [0.05, 0.1) is 25.4 Å². The number of nitrogens with one attached hydrogen (secondary N) is 1. The normalized spacial score (nSPS) is 25.0. The van der Waals surface area contributed by atoms with Crippen molar-refractivity contribution in [1.29, 1.82) is 0 Å². The molecule has 9 heteroatoms. The number of amides is 1. The van der Waals surface area contributed by atoms with Gasteiger partial charge in [0.2, 0.25) is 5.91 Å². The van der Waals surface area contributed by atoms with E-state index in [4.69, 9.17) is 9.47 Å². The van der Waals surface area contributed by atoms with Crippen LogP contribution in [0.2, 0.25) is 0 Å². The molecule has 7 atom stereocenters. The van der Waals surface area contributed by atoms with E-state index in [-0.39, 0.29) is 12.5 Å². The molecule has 1 saturated heterocycles. The second-order valence-electron chi connectivity index (χ2n) is 10.9. The minimum absolute atomic E-state index is 0.200. The smallest absolute Gasteiger partial charge is 0.220 e. The van der Waals surface area contributed by atoms with Crippen LogP contribution in [0.25, 0.3) is 0 Å². The summed E-state index contributed by atoms with van der Waals surface area (Å²) in [6, 6.07) is -0.810.